The Bertz CT molecular complexity index is 825. The van der Waals surface area contributed by atoms with E-state index < -0.39 is 0 Å². The maximum atomic E-state index is 11.9. The summed E-state index contributed by atoms with van der Waals surface area (Å²) in [7, 11) is 0. The maximum absolute atomic E-state index is 11.9. The van der Waals surface area contributed by atoms with Gasteiger partial charge in [0.25, 0.3) is 5.91 Å². The van der Waals surface area contributed by atoms with Gasteiger partial charge in [-0.05, 0) is 77.0 Å². The van der Waals surface area contributed by atoms with Crippen molar-refractivity contribution in [3.63, 3.8) is 0 Å². The molecule has 0 fully saturated rings. The van der Waals surface area contributed by atoms with Gasteiger partial charge in [-0.2, -0.15) is 0 Å². The summed E-state index contributed by atoms with van der Waals surface area (Å²) < 4.78 is 6.25. The van der Waals surface area contributed by atoms with Gasteiger partial charge in [0, 0.05) is 18.3 Å². The monoisotopic (exact) mass is 435 g/mol. The fourth-order valence-electron chi connectivity index (χ4n) is 2.03. The summed E-state index contributed by atoms with van der Waals surface area (Å²) in [5, 5.41) is 8.27. The highest BCUT2D eigenvalue weighted by Gasteiger charge is 2.08. The number of carbonyl (C=O) groups is 2. The number of nitrogens with one attached hydrogen (secondary N) is 3. The summed E-state index contributed by atoms with van der Waals surface area (Å²) in [6, 6.07) is 12.5. The van der Waals surface area contributed by atoms with Gasteiger partial charge in [-0.1, -0.05) is 6.07 Å². The maximum Gasteiger partial charge on any atom is 0.264 e. The second kappa shape index (κ2) is 9.30. The summed E-state index contributed by atoms with van der Waals surface area (Å²) in [4.78, 5) is 22.9. The number of carbonyl (C=O) groups excluding carboxylic acids is 2. The van der Waals surface area contributed by atoms with Crippen LogP contribution in [0, 0.1) is 6.92 Å². The topological polar surface area (TPSA) is 79.5 Å². The first-order valence-corrected chi connectivity index (χ1v) is 8.91. The molecule has 0 aliphatic carbocycles. The van der Waals surface area contributed by atoms with Crippen LogP contribution in [0.4, 0.5) is 11.4 Å². The third-order valence-corrected chi connectivity index (χ3v) is 3.99. The van der Waals surface area contributed by atoms with Crippen molar-refractivity contribution in [1.29, 1.82) is 0 Å². The van der Waals surface area contributed by atoms with E-state index in [-0.39, 0.29) is 23.5 Å². The Labute approximate surface area is 165 Å². The number of hydrogen-bond acceptors (Lipinski definition) is 4. The Balaban J connectivity index is 1.81. The van der Waals surface area contributed by atoms with Crippen LogP contribution >= 0.6 is 28.1 Å². The van der Waals surface area contributed by atoms with Crippen molar-refractivity contribution in [3.05, 3.63) is 52.5 Å². The summed E-state index contributed by atoms with van der Waals surface area (Å²) in [6.07, 6.45) is 0. The molecule has 0 unspecified atom stereocenters. The Morgan fingerprint density at radius 1 is 1.08 bits per heavy atom. The highest BCUT2D eigenvalue weighted by molar-refractivity contribution is 9.10. The minimum atomic E-state index is -0.371. The molecule has 2 aromatic carbocycles. The van der Waals surface area contributed by atoms with Gasteiger partial charge >= 0.3 is 0 Å². The van der Waals surface area contributed by atoms with Crippen LogP contribution in [-0.2, 0) is 9.59 Å². The van der Waals surface area contributed by atoms with Gasteiger partial charge in [-0.25, -0.2) is 0 Å². The van der Waals surface area contributed by atoms with Crippen LogP contribution in [0.5, 0.6) is 5.75 Å². The van der Waals surface area contributed by atoms with E-state index in [9.17, 15) is 9.59 Å². The molecule has 26 heavy (non-hydrogen) atoms. The first-order chi connectivity index (χ1) is 12.3. The third kappa shape index (κ3) is 6.45. The van der Waals surface area contributed by atoms with Crippen LogP contribution in [0.1, 0.15) is 12.5 Å². The van der Waals surface area contributed by atoms with Crippen molar-refractivity contribution in [1.82, 2.24) is 5.32 Å². The number of benzene rings is 2. The van der Waals surface area contributed by atoms with Crippen LogP contribution in [0.25, 0.3) is 0 Å². The van der Waals surface area contributed by atoms with Gasteiger partial charge in [0.05, 0.1) is 4.47 Å². The van der Waals surface area contributed by atoms with Gasteiger partial charge in [0.2, 0.25) is 5.91 Å². The van der Waals surface area contributed by atoms with Crippen molar-refractivity contribution in [2.45, 2.75) is 13.8 Å². The summed E-state index contributed by atoms with van der Waals surface area (Å²) >= 11 is 8.50. The highest BCUT2D eigenvalue weighted by Crippen LogP contribution is 2.25. The van der Waals surface area contributed by atoms with Crippen molar-refractivity contribution in [2.75, 3.05) is 17.2 Å². The molecule has 0 aromatic heterocycles. The first-order valence-electron chi connectivity index (χ1n) is 7.71. The van der Waals surface area contributed by atoms with Gasteiger partial charge in [-0.15, -0.1) is 0 Å². The lowest BCUT2D eigenvalue weighted by Gasteiger charge is -2.12. The number of halogens is 1. The van der Waals surface area contributed by atoms with Gasteiger partial charge in [0.1, 0.15) is 5.75 Å². The van der Waals surface area contributed by atoms with Crippen LogP contribution < -0.4 is 20.7 Å². The molecule has 8 heteroatoms. The summed E-state index contributed by atoms with van der Waals surface area (Å²) in [5.74, 6) is 0.0664. The quantitative estimate of drug-likeness (QED) is 0.625. The van der Waals surface area contributed by atoms with E-state index >= 15 is 0 Å². The third-order valence-electron chi connectivity index (χ3n) is 3.16. The fourth-order valence-corrected chi connectivity index (χ4v) is 2.87. The van der Waals surface area contributed by atoms with Crippen LogP contribution in [0.15, 0.2) is 46.9 Å². The van der Waals surface area contributed by atoms with E-state index in [1.807, 2.05) is 19.1 Å². The van der Waals surface area contributed by atoms with Gasteiger partial charge in [0.15, 0.2) is 11.7 Å². The zero-order valence-electron chi connectivity index (χ0n) is 14.3. The van der Waals surface area contributed by atoms with E-state index in [0.717, 1.165) is 10.0 Å². The minimum Gasteiger partial charge on any atom is -0.483 e. The molecule has 6 nitrogen and oxygen atoms in total. The molecular weight excluding hydrogens is 418 g/mol. The number of anilines is 2. The molecule has 0 bridgehead atoms. The molecule has 2 rings (SSSR count). The second-order valence-corrected chi connectivity index (χ2v) is 6.75. The van der Waals surface area contributed by atoms with E-state index in [2.05, 4.69) is 31.9 Å². The molecular formula is C18H18BrN3O3S. The van der Waals surface area contributed by atoms with Crippen LogP contribution in [0.2, 0.25) is 0 Å². The summed E-state index contributed by atoms with van der Waals surface area (Å²) in [5.41, 5.74) is 2.45. The smallest absolute Gasteiger partial charge is 0.264 e. The molecule has 2 amide bonds. The predicted octanol–water partition coefficient (Wildman–Crippen LogP) is 3.61. The normalized spacial score (nSPS) is 9.96. The number of rotatable bonds is 5. The molecule has 0 aliphatic rings. The lowest BCUT2D eigenvalue weighted by molar-refractivity contribution is -0.121. The van der Waals surface area contributed by atoms with E-state index in [1.165, 1.54) is 6.92 Å². The Kier molecular flexibility index (Phi) is 7.11. The minimum absolute atomic E-state index is 0.145. The Hall–Kier alpha value is -2.45. The molecule has 136 valence electrons. The molecule has 0 radical (unpaired) electrons. The predicted molar refractivity (Wildman–Crippen MR) is 109 cm³/mol. The number of aryl methyl sites for hydroxylation is 1. The van der Waals surface area contributed by atoms with Gasteiger partial charge < -0.3 is 15.4 Å². The van der Waals surface area contributed by atoms with Gasteiger partial charge in [-0.3, -0.25) is 14.9 Å². The molecule has 0 saturated carbocycles. The molecule has 0 saturated heterocycles. The number of ether oxygens (including phenoxy) is 1. The largest absolute Gasteiger partial charge is 0.483 e. The average molecular weight is 436 g/mol. The zero-order chi connectivity index (χ0) is 19.1. The van der Waals surface area contributed by atoms with Crippen molar-refractivity contribution >= 4 is 56.4 Å². The van der Waals surface area contributed by atoms with Crippen molar-refractivity contribution in [3.8, 4) is 5.75 Å². The van der Waals surface area contributed by atoms with Crippen LogP contribution in [0.3, 0.4) is 0 Å². The molecule has 2 aromatic rings. The zero-order valence-corrected chi connectivity index (χ0v) is 16.7. The SMILES string of the molecule is CC(=O)Nc1ccc(NC(=S)NC(=O)COc2ccc(C)cc2Br)cc1. The van der Waals surface area contributed by atoms with E-state index in [4.69, 9.17) is 17.0 Å². The van der Waals surface area contributed by atoms with Crippen molar-refractivity contribution in [2.24, 2.45) is 0 Å². The lowest BCUT2D eigenvalue weighted by Crippen LogP contribution is -2.37. The second-order valence-electron chi connectivity index (χ2n) is 5.48. The fraction of sp³-hybridized carbons (Fsp3) is 0.167. The number of hydrogen-bond donors (Lipinski definition) is 3. The molecule has 0 heterocycles. The molecule has 3 N–H and O–H groups in total. The Morgan fingerprint density at radius 3 is 2.27 bits per heavy atom. The molecule has 0 aliphatic heterocycles. The van der Waals surface area contributed by atoms with E-state index in [1.54, 1.807) is 30.3 Å². The highest BCUT2D eigenvalue weighted by atomic mass is 79.9. The number of thiocarbonyl (C=S) groups is 1. The Morgan fingerprint density at radius 2 is 1.69 bits per heavy atom. The first kappa shape index (κ1) is 19.9. The van der Waals surface area contributed by atoms with E-state index in [0.29, 0.717) is 17.1 Å². The summed E-state index contributed by atoms with van der Waals surface area (Å²) in [6.45, 7) is 3.24. The standard InChI is InChI=1S/C18H18BrN3O3S/c1-11-3-8-16(15(19)9-11)25-10-17(24)22-18(26)21-14-6-4-13(5-7-14)20-12(2)23/h3-9H,10H2,1-2H3,(H,20,23)(H2,21,22,24,26). The molecule has 0 atom stereocenters. The molecule has 0 spiro atoms. The average Bonchev–Trinajstić information content (AvgIpc) is 2.55. The number of amides is 2. The lowest BCUT2D eigenvalue weighted by atomic mass is 10.2. The van der Waals surface area contributed by atoms with Crippen LogP contribution in [-0.4, -0.2) is 23.5 Å². The van der Waals surface area contributed by atoms with Crippen molar-refractivity contribution < 1.29 is 14.3 Å².